The molecule has 142 valence electrons. The average molecular weight is 372 g/mol. The Morgan fingerprint density at radius 1 is 0.857 bits per heavy atom. The monoisotopic (exact) mass is 372 g/mol. The minimum atomic E-state index is 0.267. The molecular formula is C23H24N4O. The molecule has 4 rings (SSSR count). The molecule has 28 heavy (non-hydrogen) atoms. The van der Waals surface area contributed by atoms with Crippen LogP contribution in [-0.4, -0.2) is 19.5 Å². The van der Waals surface area contributed by atoms with Crippen molar-refractivity contribution in [2.75, 3.05) is 0 Å². The third kappa shape index (κ3) is 4.03. The first-order valence-corrected chi connectivity index (χ1v) is 9.65. The molecule has 5 heteroatoms. The maximum atomic E-state index is 5.93. The zero-order valence-electron chi connectivity index (χ0n) is 16.2. The van der Waals surface area contributed by atoms with E-state index >= 15 is 0 Å². The molecule has 0 aliphatic heterocycles. The van der Waals surface area contributed by atoms with Crippen LogP contribution in [-0.2, 0) is 19.4 Å². The van der Waals surface area contributed by atoms with Gasteiger partial charge in [0, 0.05) is 6.04 Å². The Morgan fingerprint density at radius 2 is 1.54 bits per heavy atom. The Labute approximate surface area is 165 Å². The lowest BCUT2D eigenvalue weighted by molar-refractivity contribution is 0.280. The van der Waals surface area contributed by atoms with Gasteiger partial charge in [-0.3, -0.25) is 0 Å². The second-order valence-electron chi connectivity index (χ2n) is 7.13. The highest BCUT2D eigenvalue weighted by Crippen LogP contribution is 2.22. The van der Waals surface area contributed by atoms with Crippen LogP contribution in [0.1, 0.15) is 36.7 Å². The molecule has 5 nitrogen and oxygen atoms in total. The van der Waals surface area contributed by atoms with Gasteiger partial charge >= 0.3 is 6.01 Å². The lowest BCUT2D eigenvalue weighted by Crippen LogP contribution is -2.06. The van der Waals surface area contributed by atoms with E-state index < -0.39 is 0 Å². The van der Waals surface area contributed by atoms with Gasteiger partial charge in [-0.15, -0.1) is 0 Å². The Kier molecular flexibility index (Phi) is 5.33. The van der Waals surface area contributed by atoms with Crippen molar-refractivity contribution in [1.82, 2.24) is 19.5 Å². The van der Waals surface area contributed by atoms with E-state index in [4.69, 9.17) is 9.72 Å². The second kappa shape index (κ2) is 8.21. The molecule has 0 saturated carbocycles. The topological polar surface area (TPSA) is 52.8 Å². The first kappa shape index (κ1) is 18.2. The molecule has 0 N–H and O–H groups in total. The van der Waals surface area contributed by atoms with Gasteiger partial charge in [-0.2, -0.15) is 9.97 Å². The molecule has 0 aliphatic carbocycles. The van der Waals surface area contributed by atoms with Crippen molar-refractivity contribution in [1.29, 1.82) is 0 Å². The molecular weight excluding hydrogens is 348 g/mol. The predicted molar refractivity (Wildman–Crippen MR) is 110 cm³/mol. The fraction of sp³-hybridized carbons (Fsp3) is 0.261. The largest absolute Gasteiger partial charge is 0.459 e. The van der Waals surface area contributed by atoms with Gasteiger partial charge in [0.25, 0.3) is 0 Å². The highest BCUT2D eigenvalue weighted by atomic mass is 16.5. The maximum Gasteiger partial charge on any atom is 0.319 e. The van der Waals surface area contributed by atoms with Crippen LogP contribution in [0.2, 0.25) is 0 Å². The Balaban J connectivity index is 1.64. The third-order valence-corrected chi connectivity index (χ3v) is 4.73. The summed E-state index contributed by atoms with van der Waals surface area (Å²) in [5.74, 6) is 0. The molecule has 0 radical (unpaired) electrons. The summed E-state index contributed by atoms with van der Waals surface area (Å²) >= 11 is 0. The van der Waals surface area contributed by atoms with Crippen molar-refractivity contribution >= 4 is 11.2 Å². The number of fused-ring (bicyclic) bond motifs is 1. The summed E-state index contributed by atoms with van der Waals surface area (Å²) in [6.07, 6.45) is 3.54. The van der Waals surface area contributed by atoms with Crippen LogP contribution in [0.4, 0.5) is 0 Å². The quantitative estimate of drug-likeness (QED) is 0.469. The first-order valence-electron chi connectivity index (χ1n) is 9.65. The van der Waals surface area contributed by atoms with Crippen LogP contribution in [0, 0.1) is 0 Å². The molecule has 4 aromatic rings. The lowest BCUT2D eigenvalue weighted by atomic mass is 10.1. The van der Waals surface area contributed by atoms with Gasteiger partial charge in [-0.25, -0.2) is 4.98 Å². The molecule has 0 saturated heterocycles. The van der Waals surface area contributed by atoms with Crippen molar-refractivity contribution in [2.24, 2.45) is 0 Å². The molecule has 0 atom stereocenters. The van der Waals surface area contributed by atoms with E-state index in [1.165, 1.54) is 5.56 Å². The predicted octanol–water partition coefficient (Wildman–Crippen LogP) is 4.77. The van der Waals surface area contributed by atoms with Crippen LogP contribution >= 0.6 is 0 Å². The van der Waals surface area contributed by atoms with Crippen LogP contribution in [0.15, 0.2) is 67.0 Å². The first-order chi connectivity index (χ1) is 13.7. The Bertz CT molecular complexity index is 1040. The van der Waals surface area contributed by atoms with Gasteiger partial charge in [0.05, 0.1) is 12.0 Å². The minimum Gasteiger partial charge on any atom is -0.459 e. The van der Waals surface area contributed by atoms with E-state index in [9.17, 15) is 0 Å². The number of ether oxygens (including phenoxy) is 1. The van der Waals surface area contributed by atoms with Gasteiger partial charge in [0.15, 0.2) is 5.65 Å². The highest BCUT2D eigenvalue weighted by Gasteiger charge is 2.15. The van der Waals surface area contributed by atoms with E-state index in [2.05, 4.69) is 52.6 Å². The van der Waals surface area contributed by atoms with Crippen molar-refractivity contribution in [2.45, 2.75) is 39.3 Å². The molecule has 0 spiro atoms. The molecule has 0 bridgehead atoms. The normalized spacial score (nSPS) is 11.2. The number of aromatic nitrogens is 4. The smallest absolute Gasteiger partial charge is 0.319 e. The zero-order chi connectivity index (χ0) is 19.3. The summed E-state index contributed by atoms with van der Waals surface area (Å²) in [5.41, 5.74) is 4.99. The second-order valence-corrected chi connectivity index (χ2v) is 7.13. The summed E-state index contributed by atoms with van der Waals surface area (Å²) in [5, 5.41) is 0. The molecule has 0 unspecified atom stereocenters. The van der Waals surface area contributed by atoms with Gasteiger partial charge < -0.3 is 9.30 Å². The number of imidazole rings is 1. The summed E-state index contributed by atoms with van der Waals surface area (Å²) in [7, 11) is 0. The van der Waals surface area contributed by atoms with Crippen LogP contribution in [0.5, 0.6) is 6.01 Å². The fourth-order valence-electron chi connectivity index (χ4n) is 3.20. The van der Waals surface area contributed by atoms with Gasteiger partial charge in [0.2, 0.25) is 0 Å². The van der Waals surface area contributed by atoms with Crippen LogP contribution in [0.3, 0.4) is 0 Å². The summed E-state index contributed by atoms with van der Waals surface area (Å²) in [6, 6.07) is 21.2. The lowest BCUT2D eigenvalue weighted by Gasteiger charge is -2.11. The molecule has 0 aliphatic rings. The van der Waals surface area contributed by atoms with E-state index in [0.29, 0.717) is 12.6 Å². The zero-order valence-corrected chi connectivity index (χ0v) is 16.2. The third-order valence-electron chi connectivity index (χ3n) is 4.73. The Hall–Kier alpha value is -3.21. The number of hydrogen-bond acceptors (Lipinski definition) is 4. The van der Waals surface area contributed by atoms with Crippen molar-refractivity contribution in [3.05, 3.63) is 83.8 Å². The van der Waals surface area contributed by atoms with Gasteiger partial charge in [0.1, 0.15) is 12.1 Å². The number of nitrogens with zero attached hydrogens (tertiary/aromatic N) is 4. The molecule has 2 heterocycles. The van der Waals surface area contributed by atoms with Gasteiger partial charge in [-0.1, -0.05) is 60.7 Å². The number of aryl methyl sites for hydroxylation is 2. The standard InChI is InChI=1S/C23H24N4O/c1-17(2)27-16-24-21-20(14-13-18-9-5-3-6-10-18)25-23(26-22(21)27)28-15-19-11-7-4-8-12-19/h3-12,16-17H,13-15H2,1-2H3. The number of rotatable bonds is 7. The number of hydrogen-bond donors (Lipinski definition) is 0. The van der Waals surface area contributed by atoms with E-state index in [-0.39, 0.29) is 6.04 Å². The van der Waals surface area contributed by atoms with Gasteiger partial charge in [-0.05, 0) is 37.8 Å². The maximum absolute atomic E-state index is 5.93. The molecule has 0 fully saturated rings. The minimum absolute atomic E-state index is 0.267. The van der Waals surface area contributed by atoms with E-state index in [0.717, 1.165) is 35.3 Å². The average Bonchev–Trinajstić information content (AvgIpc) is 3.16. The summed E-state index contributed by atoms with van der Waals surface area (Å²) < 4.78 is 8.00. The summed E-state index contributed by atoms with van der Waals surface area (Å²) in [6.45, 7) is 4.69. The van der Waals surface area contributed by atoms with Crippen LogP contribution in [0.25, 0.3) is 11.2 Å². The molecule has 2 aromatic heterocycles. The fourth-order valence-corrected chi connectivity index (χ4v) is 3.20. The molecule has 2 aromatic carbocycles. The highest BCUT2D eigenvalue weighted by molar-refractivity contribution is 5.74. The van der Waals surface area contributed by atoms with Crippen LogP contribution < -0.4 is 4.74 Å². The van der Waals surface area contributed by atoms with E-state index in [1.807, 2.05) is 42.7 Å². The molecule has 0 amide bonds. The van der Waals surface area contributed by atoms with E-state index in [1.54, 1.807) is 0 Å². The Morgan fingerprint density at radius 3 is 2.21 bits per heavy atom. The van der Waals surface area contributed by atoms with Crippen molar-refractivity contribution in [3.8, 4) is 6.01 Å². The number of benzene rings is 2. The SMILES string of the molecule is CC(C)n1cnc2c(CCc3ccccc3)nc(OCc3ccccc3)nc21. The summed E-state index contributed by atoms with van der Waals surface area (Å²) in [4.78, 5) is 13.9. The van der Waals surface area contributed by atoms with Crippen molar-refractivity contribution in [3.63, 3.8) is 0 Å². The van der Waals surface area contributed by atoms with Crippen molar-refractivity contribution < 1.29 is 4.74 Å².